The molecule has 4 nitrogen and oxygen atoms in total. The highest BCUT2D eigenvalue weighted by molar-refractivity contribution is 6.37. The van der Waals surface area contributed by atoms with E-state index in [-0.39, 0.29) is 34.5 Å². The zero-order valence-electron chi connectivity index (χ0n) is 51.5. The Morgan fingerprint density at radius 2 is 0.720 bits per heavy atom. The summed E-state index contributed by atoms with van der Waals surface area (Å²) in [7, 11) is 7.14. The van der Waals surface area contributed by atoms with E-state index in [0.29, 0.717) is 0 Å². The highest BCUT2D eigenvalue weighted by Crippen LogP contribution is 2.55. The fraction of sp³-hybridized carbons (Fsp3) is 0.308. The van der Waals surface area contributed by atoms with E-state index in [1.165, 1.54) is 164 Å². The Balaban J connectivity index is 1.28. The van der Waals surface area contributed by atoms with Gasteiger partial charge in [0.25, 0.3) is 0 Å². The number of allylic oxidation sites excluding steroid dienone is 6. The molecule has 4 heteroatoms. The predicted octanol–water partition coefficient (Wildman–Crippen LogP) is 21.4. The SMILES string of the molecule is COC1=CC(C)C(c2cc3cc(C(C)(C)C)cc4cc(-c5c(C)cc(OC)cc5C)c5c6cc7cc8c(-c9c(C)cc(OC)cc9C)cc9cc(C(C)(C)C)cc%10cc(C%11C(C)=CC(OC)=CC%11C)c(c7cc6cc2c5c34)c8c9%10)C(C)=C1. The third kappa shape index (κ3) is 8.12. The zero-order chi connectivity index (χ0) is 57.9. The van der Waals surface area contributed by atoms with Gasteiger partial charge < -0.3 is 18.9 Å². The van der Waals surface area contributed by atoms with Gasteiger partial charge in [0.1, 0.15) is 23.0 Å². The Morgan fingerprint density at radius 3 is 1.16 bits per heavy atom. The van der Waals surface area contributed by atoms with Crippen LogP contribution < -0.4 is 9.47 Å². The molecule has 0 radical (unpaired) electrons. The molecule has 11 aromatic rings. The van der Waals surface area contributed by atoms with E-state index in [1.807, 2.05) is 0 Å². The van der Waals surface area contributed by atoms with Gasteiger partial charge in [-0.2, -0.15) is 0 Å². The normalized spacial score (nSPS) is 18.2. The summed E-state index contributed by atoms with van der Waals surface area (Å²) in [5, 5.41) is 20.7. The van der Waals surface area contributed by atoms with E-state index in [4.69, 9.17) is 18.9 Å². The summed E-state index contributed by atoms with van der Waals surface area (Å²) >= 11 is 0. The first-order valence-electron chi connectivity index (χ1n) is 29.6. The fourth-order valence-corrected chi connectivity index (χ4v) is 15.5. The molecule has 0 saturated heterocycles. The molecule has 11 aromatic carbocycles. The molecule has 0 aromatic heterocycles. The summed E-state index contributed by atoms with van der Waals surface area (Å²) in [6.45, 7) is 32.5. The maximum Gasteiger partial charge on any atom is 0.119 e. The molecular formula is C78H78O4. The molecule has 414 valence electrons. The maximum atomic E-state index is 5.99. The summed E-state index contributed by atoms with van der Waals surface area (Å²) in [5.74, 6) is 4.22. The van der Waals surface area contributed by atoms with Gasteiger partial charge in [0.15, 0.2) is 0 Å². The minimum Gasteiger partial charge on any atom is -0.497 e. The van der Waals surface area contributed by atoms with Crippen LogP contribution in [0.5, 0.6) is 11.5 Å². The van der Waals surface area contributed by atoms with E-state index < -0.39 is 0 Å². The van der Waals surface area contributed by atoms with Gasteiger partial charge in [0.2, 0.25) is 0 Å². The summed E-state index contributed by atoms with van der Waals surface area (Å²) in [5.41, 5.74) is 17.7. The second-order valence-electron chi connectivity index (χ2n) is 26.8. The highest BCUT2D eigenvalue weighted by Gasteiger charge is 2.33. The van der Waals surface area contributed by atoms with Crippen molar-refractivity contribution in [3.63, 3.8) is 0 Å². The van der Waals surface area contributed by atoms with Crippen molar-refractivity contribution < 1.29 is 18.9 Å². The van der Waals surface area contributed by atoms with Crippen LogP contribution in [0.25, 0.3) is 108 Å². The minimum absolute atomic E-state index is 0.0718. The molecule has 0 fully saturated rings. The molecule has 0 N–H and O–H groups in total. The number of ether oxygens (including phenoxy) is 4. The number of rotatable bonds is 8. The largest absolute Gasteiger partial charge is 0.497 e. The Labute approximate surface area is 484 Å². The number of hydrogen-bond donors (Lipinski definition) is 0. The van der Waals surface area contributed by atoms with Gasteiger partial charge in [-0.1, -0.05) is 90.8 Å². The van der Waals surface area contributed by atoms with Crippen LogP contribution in [0.4, 0.5) is 0 Å². The Hall–Kier alpha value is -7.82. The minimum atomic E-state index is -0.0718. The molecule has 13 rings (SSSR count). The van der Waals surface area contributed by atoms with Gasteiger partial charge in [-0.25, -0.2) is 0 Å². The summed E-state index contributed by atoms with van der Waals surface area (Å²) in [6.07, 6.45) is 9.19. The van der Waals surface area contributed by atoms with Gasteiger partial charge in [-0.15, -0.1) is 0 Å². The molecule has 2 aliphatic rings. The fourth-order valence-electron chi connectivity index (χ4n) is 15.5. The number of benzene rings is 11. The predicted molar refractivity (Wildman–Crippen MR) is 351 cm³/mol. The number of methoxy groups -OCH3 is 4. The first kappa shape index (κ1) is 53.5. The van der Waals surface area contributed by atoms with Crippen molar-refractivity contribution in [2.45, 2.75) is 120 Å². The number of aryl methyl sites for hydroxylation is 4. The molecule has 0 amide bonds. The van der Waals surface area contributed by atoms with Crippen LogP contribution in [0.2, 0.25) is 0 Å². The smallest absolute Gasteiger partial charge is 0.119 e. The third-order valence-electron chi connectivity index (χ3n) is 19.2. The van der Waals surface area contributed by atoms with Crippen molar-refractivity contribution in [1.29, 1.82) is 0 Å². The molecule has 0 heterocycles. The topological polar surface area (TPSA) is 36.9 Å². The van der Waals surface area contributed by atoms with E-state index in [0.717, 1.165) is 23.0 Å². The van der Waals surface area contributed by atoms with Crippen molar-refractivity contribution in [1.82, 2.24) is 0 Å². The molecule has 82 heavy (non-hydrogen) atoms. The molecule has 0 spiro atoms. The standard InChI is InChI=1S/C78H78O4/c1-39-19-55(79-15)20-40(2)67(39)61-35-49-27-53(77(9,10)11)29-51-37-65(69-43(5)23-57(81-17)24-44(69)6)73-59-32-48-34-64-62(68-41(3)21-56(80-16)22-42(68)4)36-50-28-54(78(12,13)14)30-52-38-66(70-45(7)25-58(82-18)26-46(70)8)74(76(64)72(50)52)60(48)31-47(59)33-63(61)75(73)71(49)51/h19-39,45,67,70H,1-18H3. The summed E-state index contributed by atoms with van der Waals surface area (Å²) in [6, 6.07) is 39.3. The third-order valence-corrected chi connectivity index (χ3v) is 19.2. The second-order valence-corrected chi connectivity index (χ2v) is 26.8. The molecule has 0 saturated carbocycles. The van der Waals surface area contributed by atoms with Crippen molar-refractivity contribution >= 4 is 86.2 Å². The lowest BCUT2D eigenvalue weighted by Crippen LogP contribution is -2.15. The van der Waals surface area contributed by atoms with Crippen LogP contribution in [-0.2, 0) is 20.3 Å². The molecule has 4 atom stereocenters. The number of fused-ring (bicyclic) bond motifs is 4. The van der Waals surface area contributed by atoms with Crippen molar-refractivity contribution in [3.8, 4) is 33.8 Å². The lowest BCUT2D eigenvalue weighted by Gasteiger charge is -2.31. The monoisotopic (exact) mass is 1080 g/mol. The highest BCUT2D eigenvalue weighted by atomic mass is 16.5. The van der Waals surface area contributed by atoms with Gasteiger partial charge in [-0.3, -0.25) is 0 Å². The van der Waals surface area contributed by atoms with Gasteiger partial charge >= 0.3 is 0 Å². The van der Waals surface area contributed by atoms with E-state index in [9.17, 15) is 0 Å². The molecule has 0 bridgehead atoms. The molecule has 4 unspecified atom stereocenters. The Kier molecular flexibility index (Phi) is 12.3. The van der Waals surface area contributed by atoms with Crippen LogP contribution in [0.3, 0.4) is 0 Å². The van der Waals surface area contributed by atoms with Gasteiger partial charge in [-0.05, 0) is 314 Å². The summed E-state index contributed by atoms with van der Waals surface area (Å²) in [4.78, 5) is 0. The zero-order valence-corrected chi connectivity index (χ0v) is 51.5. The average Bonchev–Trinajstić information content (AvgIpc) is 1.84. The summed E-state index contributed by atoms with van der Waals surface area (Å²) < 4.78 is 23.8. The van der Waals surface area contributed by atoms with Crippen molar-refractivity contribution in [2.24, 2.45) is 11.8 Å². The quantitative estimate of drug-likeness (QED) is 0.112. The Morgan fingerprint density at radius 1 is 0.341 bits per heavy atom. The second kappa shape index (κ2) is 18.9. The van der Waals surface area contributed by atoms with Crippen LogP contribution in [0, 0.1) is 39.5 Å². The average molecular weight is 1080 g/mol. The molecule has 0 aliphatic heterocycles. The van der Waals surface area contributed by atoms with Gasteiger partial charge in [0.05, 0.1) is 28.4 Å². The lowest BCUT2D eigenvalue weighted by atomic mass is 9.73. The van der Waals surface area contributed by atoms with E-state index in [2.05, 4.69) is 218 Å². The first-order valence-corrected chi connectivity index (χ1v) is 29.6. The van der Waals surface area contributed by atoms with Gasteiger partial charge in [0, 0.05) is 11.8 Å². The van der Waals surface area contributed by atoms with Crippen LogP contribution in [0.1, 0.15) is 126 Å². The number of hydrogen-bond acceptors (Lipinski definition) is 4. The van der Waals surface area contributed by atoms with E-state index >= 15 is 0 Å². The van der Waals surface area contributed by atoms with Crippen LogP contribution in [0.15, 0.2) is 144 Å². The Bertz CT molecular complexity index is 4570. The first-order chi connectivity index (χ1) is 39.0. The molecular weight excluding hydrogens is 1000 g/mol. The van der Waals surface area contributed by atoms with Crippen molar-refractivity contribution in [3.05, 3.63) is 189 Å². The van der Waals surface area contributed by atoms with E-state index in [1.54, 1.807) is 28.4 Å². The van der Waals surface area contributed by atoms with Crippen LogP contribution in [-0.4, -0.2) is 28.4 Å². The maximum absolute atomic E-state index is 5.99. The van der Waals surface area contributed by atoms with Crippen molar-refractivity contribution in [2.75, 3.05) is 28.4 Å². The molecule has 2 aliphatic carbocycles. The van der Waals surface area contributed by atoms with Crippen LogP contribution >= 0.6 is 0 Å². The lowest BCUT2D eigenvalue weighted by molar-refractivity contribution is 0.297.